The number of carbonyl (C=O) groups excluding carboxylic acids is 1. The molecule has 0 radical (unpaired) electrons. The van der Waals surface area contributed by atoms with Crippen LogP contribution in [-0.2, 0) is 4.79 Å². The van der Waals surface area contributed by atoms with Crippen LogP contribution < -0.4 is 10.5 Å². The maximum Gasteiger partial charge on any atom is 0.260 e. The van der Waals surface area contributed by atoms with Crippen molar-refractivity contribution in [3.63, 3.8) is 0 Å². The lowest BCUT2D eigenvalue weighted by molar-refractivity contribution is -0.134. The van der Waals surface area contributed by atoms with Crippen molar-refractivity contribution in [2.24, 2.45) is 5.73 Å². The first kappa shape index (κ1) is 13.2. The van der Waals surface area contributed by atoms with Crippen LogP contribution in [-0.4, -0.2) is 36.5 Å². The van der Waals surface area contributed by atoms with Gasteiger partial charge >= 0.3 is 0 Å². The molecule has 1 aromatic carbocycles. The molecule has 0 atom stereocenters. The number of halogens is 1. The van der Waals surface area contributed by atoms with E-state index in [1.807, 2.05) is 0 Å². The highest BCUT2D eigenvalue weighted by atomic mass is 35.5. The summed E-state index contributed by atoms with van der Waals surface area (Å²) < 4.78 is 5.42. The molecular formula is C13H17ClN2O2. The van der Waals surface area contributed by atoms with Crippen LogP contribution in [0.25, 0.3) is 0 Å². The molecule has 0 bridgehead atoms. The normalized spacial score (nSPS) is 16.7. The van der Waals surface area contributed by atoms with Crippen molar-refractivity contribution in [1.82, 2.24) is 4.90 Å². The van der Waals surface area contributed by atoms with Crippen LogP contribution in [0.2, 0.25) is 5.02 Å². The zero-order valence-electron chi connectivity index (χ0n) is 10.1. The molecule has 1 aliphatic rings. The van der Waals surface area contributed by atoms with Crippen molar-refractivity contribution in [2.45, 2.75) is 18.9 Å². The van der Waals surface area contributed by atoms with Crippen molar-refractivity contribution in [3.05, 3.63) is 29.3 Å². The number of benzene rings is 1. The van der Waals surface area contributed by atoms with Gasteiger partial charge < -0.3 is 15.4 Å². The molecule has 0 aromatic heterocycles. The SMILES string of the molecule is NC1CCN(C(=O)COc2ccc(Cl)cc2)CC1. The summed E-state index contributed by atoms with van der Waals surface area (Å²) >= 11 is 5.77. The van der Waals surface area contributed by atoms with Crippen LogP contribution >= 0.6 is 11.6 Å². The molecule has 0 unspecified atom stereocenters. The predicted molar refractivity (Wildman–Crippen MR) is 70.7 cm³/mol. The summed E-state index contributed by atoms with van der Waals surface area (Å²) in [5.41, 5.74) is 5.79. The average Bonchev–Trinajstić information content (AvgIpc) is 2.38. The first-order valence-electron chi connectivity index (χ1n) is 6.07. The molecule has 0 aliphatic carbocycles. The minimum atomic E-state index is 0.0110. The van der Waals surface area contributed by atoms with Gasteiger partial charge in [-0.05, 0) is 37.1 Å². The number of rotatable bonds is 3. The Hall–Kier alpha value is -1.26. The molecular weight excluding hydrogens is 252 g/mol. The number of likely N-dealkylation sites (tertiary alicyclic amines) is 1. The molecule has 0 spiro atoms. The summed E-state index contributed by atoms with van der Waals surface area (Å²) in [6.45, 7) is 1.52. The molecule has 98 valence electrons. The van der Waals surface area contributed by atoms with E-state index < -0.39 is 0 Å². The van der Waals surface area contributed by atoms with Crippen molar-refractivity contribution in [1.29, 1.82) is 0 Å². The molecule has 1 saturated heterocycles. The smallest absolute Gasteiger partial charge is 0.260 e. The van der Waals surface area contributed by atoms with E-state index in [1.54, 1.807) is 29.2 Å². The van der Waals surface area contributed by atoms with Crippen molar-refractivity contribution >= 4 is 17.5 Å². The summed E-state index contributed by atoms with van der Waals surface area (Å²) in [6, 6.07) is 7.21. The Balaban J connectivity index is 1.79. The highest BCUT2D eigenvalue weighted by molar-refractivity contribution is 6.30. The largest absolute Gasteiger partial charge is 0.484 e. The zero-order chi connectivity index (χ0) is 13.0. The van der Waals surface area contributed by atoms with Crippen LogP contribution in [0.5, 0.6) is 5.75 Å². The Morgan fingerprint density at radius 1 is 1.33 bits per heavy atom. The van der Waals surface area contributed by atoms with E-state index in [1.165, 1.54) is 0 Å². The lowest BCUT2D eigenvalue weighted by atomic mass is 10.1. The van der Waals surface area contributed by atoms with Gasteiger partial charge in [0.15, 0.2) is 6.61 Å². The van der Waals surface area contributed by atoms with E-state index in [2.05, 4.69) is 0 Å². The maximum absolute atomic E-state index is 11.9. The van der Waals surface area contributed by atoms with E-state index in [0.29, 0.717) is 10.8 Å². The third kappa shape index (κ3) is 3.62. The van der Waals surface area contributed by atoms with Crippen molar-refractivity contribution < 1.29 is 9.53 Å². The quantitative estimate of drug-likeness (QED) is 0.907. The van der Waals surface area contributed by atoms with E-state index >= 15 is 0 Å². The fourth-order valence-electron chi connectivity index (χ4n) is 1.92. The first-order chi connectivity index (χ1) is 8.65. The Morgan fingerprint density at radius 3 is 2.56 bits per heavy atom. The van der Waals surface area contributed by atoms with Crippen LogP contribution in [0, 0.1) is 0 Å². The second-order valence-corrected chi connectivity index (χ2v) is 4.90. The molecule has 4 nitrogen and oxygen atoms in total. The molecule has 1 aliphatic heterocycles. The van der Waals surface area contributed by atoms with Gasteiger partial charge in [-0.15, -0.1) is 0 Å². The summed E-state index contributed by atoms with van der Waals surface area (Å²) in [5.74, 6) is 0.665. The zero-order valence-corrected chi connectivity index (χ0v) is 10.9. The molecule has 2 rings (SSSR count). The van der Waals surface area contributed by atoms with Crippen LogP contribution in [0.15, 0.2) is 24.3 Å². The fourth-order valence-corrected chi connectivity index (χ4v) is 2.04. The number of nitrogens with two attached hydrogens (primary N) is 1. The molecule has 0 saturated carbocycles. The lowest BCUT2D eigenvalue weighted by Crippen LogP contribution is -2.44. The molecule has 1 heterocycles. The molecule has 5 heteroatoms. The number of amides is 1. The third-order valence-corrected chi connectivity index (χ3v) is 3.32. The van der Waals surface area contributed by atoms with Gasteiger partial charge in [-0.1, -0.05) is 11.6 Å². The molecule has 1 fully saturated rings. The lowest BCUT2D eigenvalue weighted by Gasteiger charge is -2.30. The van der Waals surface area contributed by atoms with E-state index in [4.69, 9.17) is 22.1 Å². The molecule has 1 aromatic rings. The highest BCUT2D eigenvalue weighted by Crippen LogP contribution is 2.16. The Labute approximate surface area is 112 Å². The van der Waals surface area contributed by atoms with E-state index in [9.17, 15) is 4.79 Å². The van der Waals surface area contributed by atoms with Gasteiger partial charge in [0.1, 0.15) is 5.75 Å². The highest BCUT2D eigenvalue weighted by Gasteiger charge is 2.20. The van der Waals surface area contributed by atoms with Gasteiger partial charge in [0.25, 0.3) is 5.91 Å². The maximum atomic E-state index is 11.9. The number of hydrogen-bond acceptors (Lipinski definition) is 3. The minimum Gasteiger partial charge on any atom is -0.484 e. The minimum absolute atomic E-state index is 0.0110. The second kappa shape index (κ2) is 6.07. The van der Waals surface area contributed by atoms with E-state index in [-0.39, 0.29) is 18.6 Å². The van der Waals surface area contributed by atoms with Gasteiger partial charge in [0.2, 0.25) is 0 Å². The average molecular weight is 269 g/mol. The number of nitrogens with zero attached hydrogens (tertiary/aromatic N) is 1. The monoisotopic (exact) mass is 268 g/mol. The number of carbonyl (C=O) groups is 1. The number of hydrogen-bond donors (Lipinski definition) is 1. The second-order valence-electron chi connectivity index (χ2n) is 4.46. The standard InChI is InChI=1S/C13H17ClN2O2/c14-10-1-3-12(4-2-10)18-9-13(17)16-7-5-11(15)6-8-16/h1-4,11H,5-9,15H2. The van der Waals surface area contributed by atoms with Gasteiger partial charge in [-0.3, -0.25) is 4.79 Å². The Kier molecular flexibility index (Phi) is 4.44. The summed E-state index contributed by atoms with van der Waals surface area (Å²) in [5, 5.41) is 0.652. The summed E-state index contributed by atoms with van der Waals surface area (Å²) in [4.78, 5) is 13.7. The van der Waals surface area contributed by atoms with Crippen molar-refractivity contribution in [2.75, 3.05) is 19.7 Å². The van der Waals surface area contributed by atoms with Gasteiger partial charge in [0, 0.05) is 24.2 Å². The number of piperidine rings is 1. The third-order valence-electron chi connectivity index (χ3n) is 3.07. The van der Waals surface area contributed by atoms with Gasteiger partial charge in [0.05, 0.1) is 0 Å². The fraction of sp³-hybridized carbons (Fsp3) is 0.462. The predicted octanol–water partition coefficient (Wildman–Crippen LogP) is 1.67. The van der Waals surface area contributed by atoms with Gasteiger partial charge in [-0.2, -0.15) is 0 Å². The topological polar surface area (TPSA) is 55.6 Å². The van der Waals surface area contributed by atoms with Crippen LogP contribution in [0.1, 0.15) is 12.8 Å². The van der Waals surface area contributed by atoms with E-state index in [0.717, 1.165) is 25.9 Å². The summed E-state index contributed by atoms with van der Waals surface area (Å²) in [7, 11) is 0. The first-order valence-corrected chi connectivity index (χ1v) is 6.44. The summed E-state index contributed by atoms with van der Waals surface area (Å²) in [6.07, 6.45) is 1.74. The van der Waals surface area contributed by atoms with Crippen molar-refractivity contribution in [3.8, 4) is 5.75 Å². The molecule has 1 amide bonds. The van der Waals surface area contributed by atoms with Crippen LogP contribution in [0.4, 0.5) is 0 Å². The number of ether oxygens (including phenoxy) is 1. The van der Waals surface area contributed by atoms with Gasteiger partial charge in [-0.25, -0.2) is 0 Å². The van der Waals surface area contributed by atoms with Crippen LogP contribution in [0.3, 0.4) is 0 Å². The molecule has 2 N–H and O–H groups in total. The Bertz CT molecular complexity index is 400. The Morgan fingerprint density at radius 2 is 1.94 bits per heavy atom. The molecule has 18 heavy (non-hydrogen) atoms.